The van der Waals surface area contributed by atoms with E-state index < -0.39 is 0 Å². The minimum Gasteiger partial charge on any atom is -0.497 e. The molecule has 2 aromatic heterocycles. The SMILES string of the molecule is COc1cccc(CNc2ncnc3sc(C(=O)NCCCN4CCCC4=O)c(C)c23)c1. The van der Waals surface area contributed by atoms with Crippen molar-refractivity contribution in [2.75, 3.05) is 32.1 Å². The zero-order valence-electron chi connectivity index (χ0n) is 18.3. The average Bonchev–Trinajstić information content (AvgIpc) is 3.38. The topological polar surface area (TPSA) is 96.4 Å². The maximum absolute atomic E-state index is 12.8. The molecule has 8 nitrogen and oxygen atoms in total. The zero-order chi connectivity index (χ0) is 22.5. The van der Waals surface area contributed by atoms with Crippen molar-refractivity contribution in [3.63, 3.8) is 0 Å². The predicted molar refractivity (Wildman–Crippen MR) is 125 cm³/mol. The Kier molecular flexibility index (Phi) is 6.84. The lowest BCUT2D eigenvalue weighted by molar-refractivity contribution is -0.127. The number of carbonyl (C=O) groups is 2. The summed E-state index contributed by atoms with van der Waals surface area (Å²) in [4.78, 5) is 36.5. The monoisotopic (exact) mass is 453 g/mol. The Hall–Kier alpha value is -3.20. The number of hydrogen-bond acceptors (Lipinski definition) is 7. The third-order valence-electron chi connectivity index (χ3n) is 5.59. The molecule has 0 atom stereocenters. The van der Waals surface area contributed by atoms with Gasteiger partial charge in [0, 0.05) is 32.6 Å². The first-order valence-electron chi connectivity index (χ1n) is 10.7. The first-order valence-corrected chi connectivity index (χ1v) is 11.6. The van der Waals surface area contributed by atoms with Gasteiger partial charge < -0.3 is 20.3 Å². The zero-order valence-corrected chi connectivity index (χ0v) is 19.1. The lowest BCUT2D eigenvalue weighted by atomic mass is 10.2. The second-order valence-electron chi connectivity index (χ2n) is 7.76. The summed E-state index contributed by atoms with van der Waals surface area (Å²) in [6, 6.07) is 7.84. The molecule has 168 valence electrons. The Balaban J connectivity index is 1.41. The van der Waals surface area contributed by atoms with Crippen LogP contribution in [0, 0.1) is 6.92 Å². The number of aromatic nitrogens is 2. The lowest BCUT2D eigenvalue weighted by Gasteiger charge is -2.15. The molecule has 32 heavy (non-hydrogen) atoms. The molecule has 1 aliphatic heterocycles. The molecule has 3 heterocycles. The molecular weight excluding hydrogens is 426 g/mol. The highest BCUT2D eigenvalue weighted by molar-refractivity contribution is 7.20. The molecule has 0 aliphatic carbocycles. The van der Waals surface area contributed by atoms with Gasteiger partial charge in [-0.05, 0) is 43.0 Å². The fourth-order valence-corrected chi connectivity index (χ4v) is 4.95. The van der Waals surface area contributed by atoms with Crippen molar-refractivity contribution in [1.29, 1.82) is 0 Å². The van der Waals surface area contributed by atoms with Gasteiger partial charge in [-0.25, -0.2) is 9.97 Å². The van der Waals surface area contributed by atoms with Gasteiger partial charge in [0.25, 0.3) is 5.91 Å². The van der Waals surface area contributed by atoms with Crippen LogP contribution in [0.1, 0.15) is 40.1 Å². The summed E-state index contributed by atoms with van der Waals surface area (Å²) < 4.78 is 5.28. The van der Waals surface area contributed by atoms with Crippen molar-refractivity contribution in [3.8, 4) is 5.75 Å². The highest BCUT2D eigenvalue weighted by Crippen LogP contribution is 2.33. The van der Waals surface area contributed by atoms with E-state index in [4.69, 9.17) is 4.74 Å². The number of ether oxygens (including phenoxy) is 1. The number of anilines is 1. The highest BCUT2D eigenvalue weighted by Gasteiger charge is 2.21. The molecule has 1 aromatic carbocycles. The van der Waals surface area contributed by atoms with E-state index in [1.165, 1.54) is 17.7 Å². The molecule has 0 radical (unpaired) electrons. The number of rotatable bonds is 9. The number of nitrogens with zero attached hydrogens (tertiary/aromatic N) is 3. The van der Waals surface area contributed by atoms with Gasteiger partial charge in [-0.15, -0.1) is 11.3 Å². The van der Waals surface area contributed by atoms with Crippen molar-refractivity contribution in [1.82, 2.24) is 20.2 Å². The molecule has 0 spiro atoms. The molecule has 0 unspecified atom stereocenters. The van der Waals surface area contributed by atoms with Crippen LogP contribution in [0.2, 0.25) is 0 Å². The van der Waals surface area contributed by atoms with Gasteiger partial charge in [0.2, 0.25) is 5.91 Å². The molecule has 3 aromatic rings. The summed E-state index contributed by atoms with van der Waals surface area (Å²) in [6.45, 7) is 4.55. The largest absolute Gasteiger partial charge is 0.497 e. The number of aryl methyl sites for hydroxylation is 1. The van der Waals surface area contributed by atoms with Gasteiger partial charge in [0.15, 0.2) is 0 Å². The van der Waals surface area contributed by atoms with Gasteiger partial charge in [-0.1, -0.05) is 12.1 Å². The number of thiophene rings is 1. The van der Waals surface area contributed by atoms with E-state index in [0.717, 1.165) is 46.5 Å². The number of likely N-dealkylation sites (tertiary alicyclic amines) is 1. The minimum atomic E-state index is -0.114. The Morgan fingerprint density at radius 2 is 2.19 bits per heavy atom. The lowest BCUT2D eigenvalue weighted by Crippen LogP contribution is -2.30. The molecular formula is C23H27N5O3S. The van der Waals surface area contributed by atoms with E-state index in [9.17, 15) is 9.59 Å². The third-order valence-corrected chi connectivity index (χ3v) is 6.79. The normalized spacial score (nSPS) is 13.6. The van der Waals surface area contributed by atoms with Crippen LogP contribution in [0.4, 0.5) is 5.82 Å². The van der Waals surface area contributed by atoms with E-state index in [1.807, 2.05) is 36.1 Å². The Morgan fingerprint density at radius 3 is 2.97 bits per heavy atom. The van der Waals surface area contributed by atoms with Crippen LogP contribution in [-0.2, 0) is 11.3 Å². The van der Waals surface area contributed by atoms with Crippen LogP contribution in [0.3, 0.4) is 0 Å². The van der Waals surface area contributed by atoms with Crippen molar-refractivity contribution in [3.05, 3.63) is 46.6 Å². The van der Waals surface area contributed by atoms with E-state index in [1.54, 1.807) is 7.11 Å². The molecule has 4 rings (SSSR count). The second-order valence-corrected chi connectivity index (χ2v) is 8.76. The van der Waals surface area contributed by atoms with Crippen LogP contribution in [-0.4, -0.2) is 53.4 Å². The summed E-state index contributed by atoms with van der Waals surface area (Å²) in [5, 5.41) is 7.22. The van der Waals surface area contributed by atoms with Gasteiger partial charge >= 0.3 is 0 Å². The summed E-state index contributed by atoms with van der Waals surface area (Å²) >= 11 is 1.37. The predicted octanol–water partition coefficient (Wildman–Crippen LogP) is 3.36. The fourth-order valence-electron chi connectivity index (χ4n) is 3.88. The summed E-state index contributed by atoms with van der Waals surface area (Å²) in [5.41, 5.74) is 1.93. The molecule has 9 heteroatoms. The van der Waals surface area contributed by atoms with Gasteiger partial charge in [0.1, 0.15) is 22.7 Å². The second kappa shape index (κ2) is 9.95. The van der Waals surface area contributed by atoms with Gasteiger partial charge in [0.05, 0.1) is 17.4 Å². The summed E-state index contributed by atoms with van der Waals surface area (Å²) in [5.74, 6) is 1.61. The van der Waals surface area contributed by atoms with Crippen molar-refractivity contribution in [2.24, 2.45) is 0 Å². The standard InChI is InChI=1S/C23H27N5O3S/c1-15-19-21(25-13-16-6-3-7-17(12-16)31-2)26-14-27-23(19)32-20(15)22(30)24-9-5-11-28-10-4-8-18(28)29/h3,6-7,12,14H,4-5,8-11,13H2,1-2H3,(H,24,30)(H,25,26,27). The molecule has 2 amide bonds. The number of nitrogens with one attached hydrogen (secondary N) is 2. The van der Waals surface area contributed by atoms with Crippen molar-refractivity contribution >= 4 is 39.2 Å². The van der Waals surface area contributed by atoms with Crippen LogP contribution in [0.15, 0.2) is 30.6 Å². The van der Waals surface area contributed by atoms with Crippen molar-refractivity contribution in [2.45, 2.75) is 32.7 Å². The van der Waals surface area contributed by atoms with Gasteiger partial charge in [-0.3, -0.25) is 9.59 Å². The van der Waals surface area contributed by atoms with E-state index in [-0.39, 0.29) is 11.8 Å². The van der Waals surface area contributed by atoms with Crippen LogP contribution < -0.4 is 15.4 Å². The summed E-state index contributed by atoms with van der Waals surface area (Å²) in [6.07, 6.45) is 3.83. The quantitative estimate of drug-likeness (QED) is 0.482. The molecule has 1 saturated heterocycles. The Bertz CT molecular complexity index is 1130. The molecule has 0 saturated carbocycles. The van der Waals surface area contributed by atoms with Crippen LogP contribution in [0.25, 0.3) is 10.2 Å². The number of benzene rings is 1. The number of fused-ring (bicyclic) bond motifs is 1. The molecule has 0 bridgehead atoms. The number of amides is 2. The fraction of sp³-hybridized carbons (Fsp3) is 0.391. The van der Waals surface area contributed by atoms with E-state index in [0.29, 0.717) is 36.8 Å². The third kappa shape index (κ3) is 4.83. The first kappa shape index (κ1) is 22.0. The smallest absolute Gasteiger partial charge is 0.261 e. The van der Waals surface area contributed by atoms with Crippen LogP contribution >= 0.6 is 11.3 Å². The highest BCUT2D eigenvalue weighted by atomic mass is 32.1. The summed E-state index contributed by atoms with van der Waals surface area (Å²) in [7, 11) is 1.65. The molecule has 1 aliphatic rings. The number of hydrogen-bond donors (Lipinski definition) is 2. The molecule has 2 N–H and O–H groups in total. The average molecular weight is 454 g/mol. The minimum absolute atomic E-state index is 0.114. The van der Waals surface area contributed by atoms with Gasteiger partial charge in [-0.2, -0.15) is 0 Å². The van der Waals surface area contributed by atoms with Crippen molar-refractivity contribution < 1.29 is 14.3 Å². The maximum Gasteiger partial charge on any atom is 0.261 e. The van der Waals surface area contributed by atoms with E-state index in [2.05, 4.69) is 20.6 Å². The van der Waals surface area contributed by atoms with E-state index >= 15 is 0 Å². The number of carbonyl (C=O) groups excluding carboxylic acids is 2. The maximum atomic E-state index is 12.8. The van der Waals surface area contributed by atoms with Crippen LogP contribution in [0.5, 0.6) is 5.75 Å². The Morgan fingerprint density at radius 1 is 1.31 bits per heavy atom. The Labute approximate surface area is 191 Å². The first-order chi connectivity index (χ1) is 15.6. The molecule has 1 fully saturated rings. The number of methoxy groups -OCH3 is 1.